The Kier molecular flexibility index (Phi) is 19.1. The van der Waals surface area contributed by atoms with Crippen molar-refractivity contribution in [2.24, 2.45) is 0 Å². The van der Waals surface area contributed by atoms with E-state index >= 15 is 0 Å². The number of benzene rings is 5. The summed E-state index contributed by atoms with van der Waals surface area (Å²) < 4.78 is 13.3. The molecule has 9 rings (SSSR count). The van der Waals surface area contributed by atoms with Crippen LogP contribution >= 0.6 is 0 Å². The molecule has 9 N–H and O–H groups in total. The van der Waals surface area contributed by atoms with Crippen LogP contribution < -0.4 is 49.9 Å². The second-order valence-electron chi connectivity index (χ2n) is 20.0. The van der Waals surface area contributed by atoms with Gasteiger partial charge in [0.15, 0.2) is 75.8 Å². The molecule has 82 heavy (non-hydrogen) atoms. The molecule has 2 amide bonds. The van der Waals surface area contributed by atoms with Gasteiger partial charge >= 0.3 is 29.0 Å². The van der Waals surface area contributed by atoms with E-state index in [0.29, 0.717) is 94.8 Å². The fraction of sp³-hybridized carbons (Fsp3) is 0.129. The van der Waals surface area contributed by atoms with E-state index < -0.39 is 21.4 Å². The molecule has 0 unspecified atom stereocenters. The zero-order valence-corrected chi connectivity index (χ0v) is 45.2. The lowest BCUT2D eigenvalue weighted by Gasteiger charge is -2.13. The number of hydrogen-bond acceptors (Lipinski definition) is 10. The number of carbonyl (C=O) groups is 2. The van der Waals surface area contributed by atoms with Crippen LogP contribution in [0.3, 0.4) is 0 Å². The predicted molar refractivity (Wildman–Crippen MR) is 314 cm³/mol. The van der Waals surface area contributed by atoms with E-state index in [4.69, 9.17) is 4.65 Å². The van der Waals surface area contributed by atoms with Gasteiger partial charge in [0.2, 0.25) is 5.91 Å². The number of aromatic nitrogens is 4. The SMILES string of the molecule is C=C(C)C(=O)NCCCNC(=O)c1cc(-c2cc(-c3ccc[n+](Cc4ccccc4O[B]O)c3)c[n+](Cc3ccccc3B(O)O)c2)cc(-c2cc(-c3ccc[n+](Cc4ccccc4B(O)O)c3)c[n+](Cc3ccccc3B(O)O)c2)c1. The first kappa shape index (κ1) is 57.8. The molecule has 0 saturated carbocycles. The van der Waals surface area contributed by atoms with E-state index in [1.165, 1.54) is 0 Å². The van der Waals surface area contributed by atoms with Crippen LogP contribution in [0.4, 0.5) is 0 Å². The van der Waals surface area contributed by atoms with Gasteiger partial charge in [-0.2, -0.15) is 9.13 Å². The summed E-state index contributed by atoms with van der Waals surface area (Å²) in [7, 11) is -4.45. The van der Waals surface area contributed by atoms with E-state index in [0.717, 1.165) is 38.9 Å². The minimum Gasteiger partial charge on any atom is -0.537 e. The number of nitrogens with zero attached hydrogens (tertiary/aromatic N) is 4. The maximum atomic E-state index is 14.5. The summed E-state index contributed by atoms with van der Waals surface area (Å²) in [4.78, 5) is 26.8. The van der Waals surface area contributed by atoms with Crippen LogP contribution in [0.2, 0.25) is 0 Å². The van der Waals surface area contributed by atoms with Crippen molar-refractivity contribution in [1.29, 1.82) is 0 Å². The molecule has 0 fully saturated rings. The zero-order valence-electron chi connectivity index (χ0n) is 45.2. The monoisotopic (exact) mass is 1090 g/mol. The summed E-state index contributed by atoms with van der Waals surface area (Å²) in [6.45, 7) is 7.14. The van der Waals surface area contributed by atoms with E-state index in [9.17, 15) is 44.8 Å². The Morgan fingerprint density at radius 3 is 1.30 bits per heavy atom. The van der Waals surface area contributed by atoms with Gasteiger partial charge in [-0.05, 0) is 95.5 Å². The van der Waals surface area contributed by atoms with Crippen LogP contribution in [0.5, 0.6) is 5.75 Å². The Labute approximate surface area is 477 Å². The summed E-state index contributed by atoms with van der Waals surface area (Å²) in [6.07, 6.45) is 16.1. The quantitative estimate of drug-likeness (QED) is 0.0194. The van der Waals surface area contributed by atoms with Gasteiger partial charge in [0.05, 0.1) is 27.8 Å². The largest absolute Gasteiger partial charge is 0.569 e. The predicted octanol–water partition coefficient (Wildman–Crippen LogP) is 1.45. The fourth-order valence-corrected chi connectivity index (χ4v) is 9.89. The van der Waals surface area contributed by atoms with Gasteiger partial charge in [0, 0.05) is 64.2 Å². The molecule has 4 aromatic heterocycles. The molecule has 0 atom stereocenters. The van der Waals surface area contributed by atoms with Crippen molar-refractivity contribution in [2.75, 3.05) is 13.1 Å². The van der Waals surface area contributed by atoms with Crippen LogP contribution in [-0.4, -0.2) is 89.1 Å². The van der Waals surface area contributed by atoms with Gasteiger partial charge in [-0.25, -0.2) is 9.13 Å². The van der Waals surface area contributed by atoms with E-state index in [1.54, 1.807) is 49.4 Å². The summed E-state index contributed by atoms with van der Waals surface area (Å²) in [5, 5.41) is 77.6. The van der Waals surface area contributed by atoms with Gasteiger partial charge < -0.3 is 50.5 Å². The summed E-state index contributed by atoms with van der Waals surface area (Å²) in [5.41, 5.74) is 10.7. The number of para-hydroxylation sites is 1. The molecular weight excluding hydrogens is 1030 g/mol. The molecule has 5 aromatic carbocycles. The van der Waals surface area contributed by atoms with Crippen molar-refractivity contribution in [2.45, 2.75) is 39.5 Å². The number of carbonyl (C=O) groups excluding carboxylic acids is 2. The molecule has 1 radical (unpaired) electrons. The molecule has 0 bridgehead atoms. The van der Waals surface area contributed by atoms with E-state index in [2.05, 4.69) is 17.2 Å². The van der Waals surface area contributed by atoms with E-state index in [-0.39, 0.29) is 31.4 Å². The maximum absolute atomic E-state index is 14.5. The van der Waals surface area contributed by atoms with Crippen LogP contribution in [0.25, 0.3) is 44.5 Å². The lowest BCUT2D eigenvalue weighted by atomic mass is 9.77. The Balaban J connectivity index is 1.20. The first-order valence-electron chi connectivity index (χ1n) is 26.7. The van der Waals surface area contributed by atoms with Gasteiger partial charge in [-0.1, -0.05) is 91.5 Å². The zero-order chi connectivity index (χ0) is 57.7. The Morgan fingerprint density at radius 2 is 0.854 bits per heavy atom. The Bertz CT molecular complexity index is 3770. The van der Waals surface area contributed by atoms with Gasteiger partial charge in [0.1, 0.15) is 5.75 Å². The highest BCUT2D eigenvalue weighted by Gasteiger charge is 2.25. The van der Waals surface area contributed by atoms with Gasteiger partial charge in [-0.15, -0.1) is 0 Å². The summed E-state index contributed by atoms with van der Waals surface area (Å²) in [6, 6.07) is 46.3. The highest BCUT2D eigenvalue weighted by atomic mass is 16.5. The Morgan fingerprint density at radius 1 is 0.476 bits per heavy atom. The topological polar surface area (TPSA) is 225 Å². The molecule has 16 nitrogen and oxygen atoms in total. The second-order valence-corrected chi connectivity index (χ2v) is 20.0. The van der Waals surface area contributed by atoms with Crippen molar-refractivity contribution < 1.29 is 67.7 Å². The van der Waals surface area contributed by atoms with Crippen molar-refractivity contribution >= 4 is 57.2 Å². The molecule has 20 heteroatoms. The molecule has 4 heterocycles. The van der Waals surface area contributed by atoms with Crippen molar-refractivity contribution in [3.63, 3.8) is 0 Å². The highest BCUT2D eigenvalue weighted by molar-refractivity contribution is 6.60. The van der Waals surface area contributed by atoms with Crippen LogP contribution in [0.1, 0.15) is 46.0 Å². The molecule has 9 aromatic rings. The van der Waals surface area contributed by atoms with Crippen molar-refractivity contribution in [1.82, 2.24) is 10.6 Å². The molecule has 0 saturated heterocycles. The minimum absolute atomic E-state index is 0.236. The van der Waals surface area contributed by atoms with Gasteiger partial charge in [0.25, 0.3) is 5.91 Å². The average Bonchev–Trinajstić information content (AvgIpc) is 3.58. The van der Waals surface area contributed by atoms with Crippen LogP contribution in [-0.2, 0) is 31.0 Å². The number of nitrogens with one attached hydrogen (secondary N) is 2. The first-order valence-corrected chi connectivity index (χ1v) is 26.7. The lowest BCUT2D eigenvalue weighted by molar-refractivity contribution is -0.689. The molecular formula is C62H61B4N6O10+4. The molecule has 0 spiro atoms. The molecule has 0 aliphatic heterocycles. The fourth-order valence-electron chi connectivity index (χ4n) is 9.89. The molecule has 0 aliphatic carbocycles. The minimum atomic E-state index is -1.73. The third-order valence-electron chi connectivity index (χ3n) is 14.0. The third kappa shape index (κ3) is 14.7. The van der Waals surface area contributed by atoms with Crippen molar-refractivity contribution in [3.05, 3.63) is 241 Å². The smallest absolute Gasteiger partial charge is 0.537 e. The highest BCUT2D eigenvalue weighted by Crippen LogP contribution is 2.32. The maximum Gasteiger partial charge on any atom is 0.569 e. The Hall–Kier alpha value is -8.84. The van der Waals surface area contributed by atoms with Crippen LogP contribution in [0.15, 0.2) is 213 Å². The van der Waals surface area contributed by atoms with Crippen molar-refractivity contribution in [3.8, 4) is 50.3 Å². The second kappa shape index (κ2) is 27.1. The van der Waals surface area contributed by atoms with Crippen LogP contribution in [0, 0.1) is 0 Å². The van der Waals surface area contributed by atoms with E-state index in [1.807, 2.05) is 177 Å². The standard InChI is InChI=1S/C62H59B4N6O10/c1-43(2)61(73)67-24-13-25-68-62(74)52-29-50(55-31-53(39-71(41-55)36-47-15-4-8-21-58(47)65(78)79)44-18-11-26-69(33-44)35-46-14-3-7-20-57(46)64(76)77)28-51(30-52)56-32-54(40-72(42-56)37-48-16-5-9-22-59(48)66(80)81)45-19-12-27-70(34-45)38-49-17-6-10-23-60(49)82-63-75/h3-12,14-23,26-34,39-42,75-81H,1,13,24-25,35-38H2,2H3/q+2/p+2. The third-order valence-corrected chi connectivity index (χ3v) is 14.0. The van der Waals surface area contributed by atoms with Gasteiger partial charge in [-0.3, -0.25) is 9.59 Å². The number of hydrogen-bond donors (Lipinski definition) is 9. The number of pyridine rings is 4. The summed E-state index contributed by atoms with van der Waals surface area (Å²) in [5.74, 6) is -0.126. The molecule has 407 valence electrons. The first-order chi connectivity index (χ1) is 39.7. The number of rotatable bonds is 23. The summed E-state index contributed by atoms with van der Waals surface area (Å²) >= 11 is 0. The number of amides is 2. The average molecular weight is 1090 g/mol. The normalized spacial score (nSPS) is 10.9. The molecule has 0 aliphatic rings. The lowest BCUT2D eigenvalue weighted by Crippen LogP contribution is -2.41.